The normalized spacial score (nSPS) is 19.4. The molecule has 0 aromatic rings. The lowest BCUT2D eigenvalue weighted by molar-refractivity contribution is -0.213. The summed E-state index contributed by atoms with van der Waals surface area (Å²) in [5, 5.41) is 18.3. The minimum absolute atomic E-state index is 0.158. The van der Waals surface area contributed by atoms with Gasteiger partial charge in [0.05, 0.1) is 32.8 Å². The van der Waals surface area contributed by atoms with Crippen molar-refractivity contribution >= 4 is 17.7 Å². The van der Waals surface area contributed by atoms with Gasteiger partial charge < -0.3 is 25.4 Å². The highest BCUT2D eigenvalue weighted by Crippen LogP contribution is 2.14. The Bertz CT molecular complexity index is 496. The van der Waals surface area contributed by atoms with Gasteiger partial charge in [0.1, 0.15) is 6.10 Å². The van der Waals surface area contributed by atoms with Crippen LogP contribution in [-0.2, 0) is 23.9 Å². The molecule has 3 amide bonds. The first-order valence-electron chi connectivity index (χ1n) is 8.98. The Kier molecular flexibility index (Phi) is 12.2. The van der Waals surface area contributed by atoms with Gasteiger partial charge in [0.25, 0.3) is 0 Å². The minimum atomic E-state index is -0.684. The van der Waals surface area contributed by atoms with Crippen molar-refractivity contribution in [1.29, 1.82) is 0 Å². The fraction of sp³-hybridized carbons (Fsp3) is 0.800. The zero-order valence-corrected chi connectivity index (χ0v) is 15.7. The van der Waals surface area contributed by atoms with E-state index in [0.717, 1.165) is 6.42 Å². The Morgan fingerprint density at radius 1 is 1.11 bits per heavy atom. The number of nitrogens with zero attached hydrogens (tertiary/aromatic N) is 1. The average Bonchev–Trinajstić information content (AvgIpc) is 2.62. The maximum absolute atomic E-state index is 11.9. The van der Waals surface area contributed by atoms with Gasteiger partial charge in [-0.1, -0.05) is 0 Å². The third-order valence-electron chi connectivity index (χ3n) is 3.56. The first-order valence-corrected chi connectivity index (χ1v) is 8.98. The molecule has 1 heterocycles. The summed E-state index contributed by atoms with van der Waals surface area (Å²) >= 11 is 0. The topological polar surface area (TPSA) is 188 Å². The van der Waals surface area contributed by atoms with Gasteiger partial charge in [-0.05, 0) is 12.8 Å². The summed E-state index contributed by atoms with van der Waals surface area (Å²) in [5.74, 6) is -1.66. The molecule has 0 aromatic heterocycles. The van der Waals surface area contributed by atoms with Crippen LogP contribution in [0.5, 0.6) is 0 Å². The summed E-state index contributed by atoms with van der Waals surface area (Å²) in [6.45, 7) is 0.243. The van der Waals surface area contributed by atoms with Gasteiger partial charge in [-0.3, -0.25) is 30.1 Å². The van der Waals surface area contributed by atoms with Crippen LogP contribution in [0.25, 0.3) is 0 Å². The number of rotatable bonds is 14. The molecule has 1 aliphatic heterocycles. The number of carbonyl (C=O) groups is 3. The number of amides is 3. The first-order chi connectivity index (χ1) is 13.4. The lowest BCUT2D eigenvalue weighted by atomic mass is 10.1. The van der Waals surface area contributed by atoms with Gasteiger partial charge in [0.15, 0.2) is 6.29 Å². The molecular formula is C15H30N6O7. The molecule has 162 valence electrons. The summed E-state index contributed by atoms with van der Waals surface area (Å²) in [7, 11) is 0. The number of carbonyl (C=O) groups excluding carboxylic acids is 3. The van der Waals surface area contributed by atoms with Crippen LogP contribution in [0, 0.1) is 0 Å². The molecule has 13 heteroatoms. The minimum Gasteiger partial charge on any atom is -0.395 e. The number of primary amides is 1. The number of nitrogens with two attached hydrogens (primary N) is 1. The third kappa shape index (κ3) is 11.1. The van der Waals surface area contributed by atoms with Gasteiger partial charge in [-0.15, -0.1) is 0 Å². The van der Waals surface area contributed by atoms with E-state index in [1.807, 2.05) is 0 Å². The fourth-order valence-corrected chi connectivity index (χ4v) is 2.38. The van der Waals surface area contributed by atoms with Crippen molar-refractivity contribution < 1.29 is 34.1 Å². The third-order valence-corrected chi connectivity index (χ3v) is 3.56. The van der Waals surface area contributed by atoms with Gasteiger partial charge in [0.2, 0.25) is 17.7 Å². The standard InChI is InChI=1S/C15H30N6O7/c16-12(24)8-21(9-13(25)19-17-3-5-22)10-14(26)20-18-4-7-28-15-11(23)2-1-6-27-15/h11,15,17-18,22-23H,1-10H2,(H2,16,24)(H,19,25)(H,20,26)/t11-,15-/m0/s1. The van der Waals surface area contributed by atoms with Crippen molar-refractivity contribution in [2.75, 3.05) is 52.5 Å². The molecule has 2 atom stereocenters. The van der Waals surface area contributed by atoms with Crippen LogP contribution in [0.2, 0.25) is 0 Å². The number of hydrogen-bond donors (Lipinski definition) is 7. The lowest BCUT2D eigenvalue weighted by Gasteiger charge is -2.27. The predicted molar refractivity (Wildman–Crippen MR) is 95.9 cm³/mol. The Balaban J connectivity index is 2.23. The Morgan fingerprint density at radius 2 is 1.75 bits per heavy atom. The molecule has 8 N–H and O–H groups in total. The van der Waals surface area contributed by atoms with Crippen molar-refractivity contribution in [1.82, 2.24) is 26.6 Å². The zero-order valence-electron chi connectivity index (χ0n) is 15.7. The molecule has 0 saturated carbocycles. The van der Waals surface area contributed by atoms with Crippen molar-refractivity contribution in [3.8, 4) is 0 Å². The molecule has 1 saturated heterocycles. The number of hydrogen-bond acceptors (Lipinski definition) is 10. The molecule has 0 unspecified atom stereocenters. The second kappa shape index (κ2) is 14.2. The van der Waals surface area contributed by atoms with Crippen molar-refractivity contribution in [3.05, 3.63) is 0 Å². The number of ether oxygens (including phenoxy) is 2. The summed E-state index contributed by atoms with van der Waals surface area (Å²) in [5.41, 5.74) is 15.0. The number of nitrogens with one attached hydrogen (secondary N) is 4. The SMILES string of the molecule is NC(=O)CN(CC(=O)NNCCO)CC(=O)NNCCO[C@@H]1OCCC[C@@H]1O. The summed E-state index contributed by atoms with van der Waals surface area (Å²) < 4.78 is 10.7. The summed E-state index contributed by atoms with van der Waals surface area (Å²) in [4.78, 5) is 36.0. The van der Waals surface area contributed by atoms with E-state index in [2.05, 4.69) is 21.7 Å². The monoisotopic (exact) mass is 406 g/mol. The number of aliphatic hydroxyl groups is 2. The molecule has 0 aromatic carbocycles. The van der Waals surface area contributed by atoms with E-state index in [0.29, 0.717) is 13.0 Å². The van der Waals surface area contributed by atoms with Crippen LogP contribution >= 0.6 is 0 Å². The van der Waals surface area contributed by atoms with E-state index in [-0.39, 0.29) is 45.9 Å². The zero-order chi connectivity index (χ0) is 20.8. The molecule has 1 fully saturated rings. The second-order valence-electron chi connectivity index (χ2n) is 6.10. The van der Waals surface area contributed by atoms with E-state index in [4.69, 9.17) is 20.3 Å². The number of hydrazine groups is 2. The van der Waals surface area contributed by atoms with Crippen LogP contribution in [0.15, 0.2) is 0 Å². The largest absolute Gasteiger partial charge is 0.395 e. The molecule has 0 aliphatic carbocycles. The van der Waals surface area contributed by atoms with E-state index in [1.54, 1.807) is 0 Å². The van der Waals surface area contributed by atoms with Crippen molar-refractivity contribution in [2.45, 2.75) is 25.2 Å². The van der Waals surface area contributed by atoms with Gasteiger partial charge >= 0.3 is 0 Å². The molecule has 0 bridgehead atoms. The molecule has 13 nitrogen and oxygen atoms in total. The van der Waals surface area contributed by atoms with E-state index in [9.17, 15) is 19.5 Å². The van der Waals surface area contributed by atoms with Crippen LogP contribution < -0.4 is 27.4 Å². The molecule has 1 aliphatic rings. The molecular weight excluding hydrogens is 376 g/mol. The molecule has 1 rings (SSSR count). The van der Waals surface area contributed by atoms with Crippen LogP contribution in [0.1, 0.15) is 12.8 Å². The summed E-state index contributed by atoms with van der Waals surface area (Å²) in [6.07, 6.45) is 0.0688. The predicted octanol–water partition coefficient (Wildman–Crippen LogP) is -4.48. The van der Waals surface area contributed by atoms with E-state index >= 15 is 0 Å². The van der Waals surface area contributed by atoms with E-state index in [1.165, 1.54) is 4.90 Å². The summed E-state index contributed by atoms with van der Waals surface area (Å²) in [6, 6.07) is 0. The second-order valence-corrected chi connectivity index (χ2v) is 6.10. The fourth-order valence-electron chi connectivity index (χ4n) is 2.38. The number of aliphatic hydroxyl groups excluding tert-OH is 2. The molecule has 28 heavy (non-hydrogen) atoms. The van der Waals surface area contributed by atoms with Gasteiger partial charge in [-0.25, -0.2) is 10.9 Å². The highest BCUT2D eigenvalue weighted by Gasteiger charge is 2.24. The smallest absolute Gasteiger partial charge is 0.248 e. The average molecular weight is 406 g/mol. The van der Waals surface area contributed by atoms with Crippen LogP contribution in [0.4, 0.5) is 0 Å². The lowest BCUT2D eigenvalue weighted by Crippen LogP contribution is -2.51. The highest BCUT2D eigenvalue weighted by molar-refractivity contribution is 5.83. The maximum atomic E-state index is 11.9. The van der Waals surface area contributed by atoms with Gasteiger partial charge in [-0.2, -0.15) is 0 Å². The Morgan fingerprint density at radius 3 is 2.32 bits per heavy atom. The Hall–Kier alpha value is -1.87. The maximum Gasteiger partial charge on any atom is 0.248 e. The van der Waals surface area contributed by atoms with Crippen LogP contribution in [0.3, 0.4) is 0 Å². The van der Waals surface area contributed by atoms with Gasteiger partial charge in [0, 0.05) is 19.7 Å². The Labute approximate surface area is 162 Å². The molecule has 0 radical (unpaired) electrons. The van der Waals surface area contributed by atoms with Crippen LogP contribution in [-0.4, -0.2) is 97.8 Å². The quantitative estimate of drug-likeness (QED) is 0.109. The molecule has 0 spiro atoms. The van der Waals surface area contributed by atoms with Crippen molar-refractivity contribution in [3.63, 3.8) is 0 Å². The highest BCUT2D eigenvalue weighted by atomic mass is 16.7. The van der Waals surface area contributed by atoms with E-state index < -0.39 is 30.1 Å². The van der Waals surface area contributed by atoms with Crippen molar-refractivity contribution in [2.24, 2.45) is 5.73 Å². The first kappa shape index (κ1) is 24.2.